The number of benzene rings is 2. The highest BCUT2D eigenvalue weighted by Gasteiger charge is 2.41. The fourth-order valence-corrected chi connectivity index (χ4v) is 3.68. The average Bonchev–Trinajstić information content (AvgIpc) is 2.94. The van der Waals surface area contributed by atoms with Crippen molar-refractivity contribution in [2.24, 2.45) is 4.99 Å². The summed E-state index contributed by atoms with van der Waals surface area (Å²) in [5.74, 6) is -0.293. The monoisotopic (exact) mass is 351 g/mol. The van der Waals surface area contributed by atoms with Crippen LogP contribution in [0.3, 0.4) is 0 Å². The molecule has 0 saturated carbocycles. The van der Waals surface area contributed by atoms with Gasteiger partial charge in [0, 0.05) is 38.0 Å². The average molecular weight is 351 g/mol. The van der Waals surface area contributed by atoms with Gasteiger partial charge in [0.05, 0.1) is 0 Å². The number of aryl methyl sites for hydroxylation is 1. The Hall–Kier alpha value is -2.53. The Morgan fingerprint density at radius 3 is 2.58 bits per heavy atom. The van der Waals surface area contributed by atoms with Crippen molar-refractivity contribution < 1.29 is 9.18 Å². The number of likely N-dealkylation sites (tertiary alicyclic amines) is 1. The van der Waals surface area contributed by atoms with E-state index in [1.165, 1.54) is 6.07 Å². The van der Waals surface area contributed by atoms with Gasteiger partial charge < -0.3 is 5.32 Å². The number of hydrogen-bond acceptors (Lipinski definition) is 3. The van der Waals surface area contributed by atoms with Crippen molar-refractivity contribution in [3.8, 4) is 0 Å². The summed E-state index contributed by atoms with van der Waals surface area (Å²) >= 11 is 0. The summed E-state index contributed by atoms with van der Waals surface area (Å²) in [6, 6.07) is 14.6. The van der Waals surface area contributed by atoms with Gasteiger partial charge in [-0.1, -0.05) is 42.0 Å². The van der Waals surface area contributed by atoms with Gasteiger partial charge in [-0.15, -0.1) is 0 Å². The van der Waals surface area contributed by atoms with Crippen molar-refractivity contribution in [3.05, 3.63) is 71.0 Å². The number of nitrogens with zero attached hydrogens (tertiary/aromatic N) is 2. The highest BCUT2D eigenvalue weighted by atomic mass is 19.1. The van der Waals surface area contributed by atoms with E-state index in [-0.39, 0.29) is 11.7 Å². The molecule has 2 heterocycles. The van der Waals surface area contributed by atoms with Crippen molar-refractivity contribution in [1.82, 2.24) is 10.2 Å². The third kappa shape index (κ3) is 3.40. The number of piperidine rings is 1. The maximum Gasteiger partial charge on any atom is 0.272 e. The minimum Gasteiger partial charge on any atom is -0.326 e. The van der Waals surface area contributed by atoms with Gasteiger partial charge in [0.2, 0.25) is 0 Å². The quantitative estimate of drug-likeness (QED) is 0.924. The number of aliphatic imine (C=N–C) groups is 1. The number of halogens is 1. The van der Waals surface area contributed by atoms with E-state index in [9.17, 15) is 9.18 Å². The van der Waals surface area contributed by atoms with E-state index < -0.39 is 5.66 Å². The summed E-state index contributed by atoms with van der Waals surface area (Å²) < 4.78 is 13.4. The van der Waals surface area contributed by atoms with Crippen molar-refractivity contribution in [3.63, 3.8) is 0 Å². The zero-order chi connectivity index (χ0) is 18.1. The molecule has 2 aromatic rings. The lowest BCUT2D eigenvalue weighted by Crippen LogP contribution is -2.50. The van der Waals surface area contributed by atoms with E-state index in [0.717, 1.165) is 49.2 Å². The van der Waals surface area contributed by atoms with Gasteiger partial charge in [0.15, 0.2) is 0 Å². The summed E-state index contributed by atoms with van der Waals surface area (Å²) in [5, 5.41) is 3.10. The topological polar surface area (TPSA) is 44.7 Å². The number of carbonyl (C=O) groups excluding carboxylic acids is 1. The molecule has 2 aliphatic heterocycles. The lowest BCUT2D eigenvalue weighted by atomic mass is 9.97. The van der Waals surface area contributed by atoms with Crippen molar-refractivity contribution >= 4 is 11.6 Å². The first-order valence-corrected chi connectivity index (χ1v) is 8.99. The van der Waals surface area contributed by atoms with E-state index >= 15 is 0 Å². The highest BCUT2D eigenvalue weighted by Crippen LogP contribution is 2.29. The van der Waals surface area contributed by atoms with Gasteiger partial charge in [0.1, 0.15) is 17.2 Å². The zero-order valence-corrected chi connectivity index (χ0v) is 14.8. The Bertz CT molecular complexity index is 852. The molecule has 0 unspecified atom stereocenters. The first-order valence-electron chi connectivity index (χ1n) is 8.99. The van der Waals surface area contributed by atoms with E-state index in [1.54, 1.807) is 12.1 Å². The first kappa shape index (κ1) is 16.9. The predicted octanol–water partition coefficient (Wildman–Crippen LogP) is 3.05. The summed E-state index contributed by atoms with van der Waals surface area (Å²) in [6.45, 7) is 4.38. The predicted molar refractivity (Wildman–Crippen MR) is 99.5 cm³/mol. The highest BCUT2D eigenvalue weighted by molar-refractivity contribution is 6.46. The molecule has 1 amide bonds. The summed E-state index contributed by atoms with van der Waals surface area (Å²) in [7, 11) is 0. The maximum absolute atomic E-state index is 13.4. The van der Waals surface area contributed by atoms with E-state index in [1.807, 2.05) is 37.3 Å². The van der Waals surface area contributed by atoms with Gasteiger partial charge in [0.25, 0.3) is 5.91 Å². The second kappa shape index (κ2) is 6.65. The Balaban J connectivity index is 1.45. The molecule has 1 saturated heterocycles. The SMILES string of the molecule is Cc1ccc(C2=NC3(CCN(Cc4cccc(F)c4)CC3)NC2=O)cc1. The van der Waals surface area contributed by atoms with Crippen LogP contribution in [0, 0.1) is 12.7 Å². The summed E-state index contributed by atoms with van der Waals surface area (Å²) in [6.07, 6.45) is 1.53. The number of carbonyl (C=O) groups is 1. The molecule has 1 spiro atoms. The number of hydrogen-bond donors (Lipinski definition) is 1. The molecule has 1 N–H and O–H groups in total. The summed E-state index contributed by atoms with van der Waals surface area (Å²) in [4.78, 5) is 19.5. The molecule has 1 fully saturated rings. The van der Waals surface area contributed by atoms with Gasteiger partial charge in [-0.3, -0.25) is 14.7 Å². The fraction of sp³-hybridized carbons (Fsp3) is 0.333. The molecule has 2 aliphatic rings. The molecular weight excluding hydrogens is 329 g/mol. The van der Waals surface area contributed by atoms with Crippen LogP contribution in [-0.4, -0.2) is 35.3 Å². The lowest BCUT2D eigenvalue weighted by Gasteiger charge is -2.37. The Kier molecular flexibility index (Phi) is 4.32. The van der Waals surface area contributed by atoms with Gasteiger partial charge in [-0.05, 0) is 24.6 Å². The molecule has 4 rings (SSSR count). The molecule has 0 aromatic heterocycles. The van der Waals surface area contributed by atoms with Crippen LogP contribution in [0.2, 0.25) is 0 Å². The van der Waals surface area contributed by atoms with E-state index in [0.29, 0.717) is 5.71 Å². The number of nitrogens with one attached hydrogen (secondary N) is 1. The molecule has 0 radical (unpaired) electrons. The van der Waals surface area contributed by atoms with Crippen LogP contribution >= 0.6 is 0 Å². The first-order chi connectivity index (χ1) is 12.5. The largest absolute Gasteiger partial charge is 0.326 e. The van der Waals surface area contributed by atoms with Crippen molar-refractivity contribution in [1.29, 1.82) is 0 Å². The zero-order valence-electron chi connectivity index (χ0n) is 14.8. The van der Waals surface area contributed by atoms with Crippen LogP contribution in [0.1, 0.15) is 29.5 Å². The van der Waals surface area contributed by atoms with Gasteiger partial charge in [-0.25, -0.2) is 4.39 Å². The van der Waals surface area contributed by atoms with E-state index in [2.05, 4.69) is 10.2 Å². The standard InChI is InChI=1S/C21H22FN3O/c1-15-5-7-17(8-6-15)19-20(26)24-21(23-19)9-11-25(12-10-21)14-16-3-2-4-18(22)13-16/h2-8,13H,9-12,14H2,1H3,(H,24,26). The lowest BCUT2D eigenvalue weighted by molar-refractivity contribution is -0.115. The molecule has 2 aromatic carbocycles. The van der Waals surface area contributed by atoms with Crippen LogP contribution in [0.15, 0.2) is 53.5 Å². The van der Waals surface area contributed by atoms with Crippen molar-refractivity contribution in [2.45, 2.75) is 32.0 Å². The van der Waals surface area contributed by atoms with Crippen molar-refractivity contribution in [2.75, 3.05) is 13.1 Å². The van der Waals surface area contributed by atoms with Crippen LogP contribution in [0.25, 0.3) is 0 Å². The molecule has 134 valence electrons. The molecule has 0 aliphatic carbocycles. The van der Waals surface area contributed by atoms with Crippen LogP contribution in [0.5, 0.6) is 0 Å². The second-order valence-electron chi connectivity index (χ2n) is 7.22. The Morgan fingerprint density at radius 1 is 1.15 bits per heavy atom. The second-order valence-corrected chi connectivity index (χ2v) is 7.22. The fourth-order valence-electron chi connectivity index (χ4n) is 3.68. The van der Waals surface area contributed by atoms with Gasteiger partial charge in [-0.2, -0.15) is 0 Å². The van der Waals surface area contributed by atoms with Crippen LogP contribution in [0.4, 0.5) is 4.39 Å². The maximum atomic E-state index is 13.4. The van der Waals surface area contributed by atoms with Gasteiger partial charge >= 0.3 is 0 Å². The third-order valence-corrected chi connectivity index (χ3v) is 5.19. The molecular formula is C21H22FN3O. The minimum absolute atomic E-state index is 0.0903. The Labute approximate surface area is 152 Å². The molecule has 5 heteroatoms. The number of amides is 1. The molecule has 26 heavy (non-hydrogen) atoms. The Morgan fingerprint density at radius 2 is 1.88 bits per heavy atom. The van der Waals surface area contributed by atoms with Crippen LogP contribution in [-0.2, 0) is 11.3 Å². The molecule has 0 atom stereocenters. The molecule has 0 bridgehead atoms. The minimum atomic E-state index is -0.490. The molecule has 4 nitrogen and oxygen atoms in total. The smallest absolute Gasteiger partial charge is 0.272 e. The normalized spacial score (nSPS) is 19.5. The van der Waals surface area contributed by atoms with Crippen LogP contribution < -0.4 is 5.32 Å². The third-order valence-electron chi connectivity index (χ3n) is 5.19. The van der Waals surface area contributed by atoms with E-state index in [4.69, 9.17) is 4.99 Å². The summed E-state index contributed by atoms with van der Waals surface area (Å²) in [5.41, 5.74) is 3.04. The number of rotatable bonds is 3.